The first kappa shape index (κ1) is 22.9. The summed E-state index contributed by atoms with van der Waals surface area (Å²) in [6.07, 6.45) is 1.88. The third-order valence-corrected chi connectivity index (χ3v) is 7.30. The SMILES string of the molecule is c1ccc(-c2ccc(N(c3ccccc3-c3ccccc3)c3cccc4ccc5cccnc5c34)cc2)cc1. The first-order valence-electron chi connectivity index (χ1n) is 13.2. The zero-order valence-corrected chi connectivity index (χ0v) is 21.4. The molecule has 2 nitrogen and oxygen atoms in total. The largest absolute Gasteiger partial charge is 0.309 e. The van der Waals surface area contributed by atoms with Crippen LogP contribution in [0.1, 0.15) is 0 Å². The van der Waals surface area contributed by atoms with Crippen molar-refractivity contribution >= 4 is 38.7 Å². The molecular weight excluding hydrogens is 472 g/mol. The van der Waals surface area contributed by atoms with Crippen LogP contribution in [0.3, 0.4) is 0 Å². The minimum absolute atomic E-state index is 1.01. The fourth-order valence-electron chi connectivity index (χ4n) is 5.45. The summed E-state index contributed by atoms with van der Waals surface area (Å²) in [7, 11) is 0. The number of anilines is 3. The molecular formula is C37H26N2. The lowest BCUT2D eigenvalue weighted by Gasteiger charge is -2.29. The molecule has 0 saturated carbocycles. The van der Waals surface area contributed by atoms with Gasteiger partial charge in [0, 0.05) is 28.2 Å². The van der Waals surface area contributed by atoms with Crippen molar-refractivity contribution in [1.29, 1.82) is 0 Å². The average Bonchev–Trinajstić information content (AvgIpc) is 3.02. The standard InChI is InChI=1S/C37H26N2/c1-3-11-27(12-4-1)28-22-24-32(25-23-28)39(34-18-8-7-17-33(34)29-13-5-2-6-14-29)35-19-9-15-30-20-21-31-16-10-26-38-37(31)36(30)35/h1-26H. The molecule has 184 valence electrons. The molecule has 0 unspecified atom stereocenters. The van der Waals surface area contributed by atoms with E-state index in [1.807, 2.05) is 12.3 Å². The van der Waals surface area contributed by atoms with Gasteiger partial charge < -0.3 is 4.90 Å². The molecule has 1 heterocycles. The van der Waals surface area contributed by atoms with Gasteiger partial charge in [0.2, 0.25) is 0 Å². The highest BCUT2D eigenvalue weighted by molar-refractivity contribution is 6.13. The molecule has 0 aliphatic carbocycles. The molecule has 0 amide bonds. The van der Waals surface area contributed by atoms with Crippen LogP contribution in [0.15, 0.2) is 158 Å². The lowest BCUT2D eigenvalue weighted by atomic mass is 9.99. The first-order chi connectivity index (χ1) is 19.4. The Labute approximate surface area is 228 Å². The second-order valence-corrected chi connectivity index (χ2v) is 9.65. The zero-order valence-electron chi connectivity index (χ0n) is 21.4. The predicted molar refractivity (Wildman–Crippen MR) is 165 cm³/mol. The molecule has 0 radical (unpaired) electrons. The molecule has 0 spiro atoms. The summed E-state index contributed by atoms with van der Waals surface area (Å²) in [5, 5.41) is 3.44. The molecule has 0 fully saturated rings. The summed E-state index contributed by atoms with van der Waals surface area (Å²) in [4.78, 5) is 7.23. The van der Waals surface area contributed by atoms with E-state index in [0.717, 1.165) is 33.4 Å². The number of aromatic nitrogens is 1. The van der Waals surface area contributed by atoms with E-state index < -0.39 is 0 Å². The highest BCUT2D eigenvalue weighted by atomic mass is 15.1. The summed E-state index contributed by atoms with van der Waals surface area (Å²) in [6, 6.07) is 53.7. The molecule has 2 heteroatoms. The minimum Gasteiger partial charge on any atom is -0.309 e. The molecule has 0 atom stereocenters. The van der Waals surface area contributed by atoms with Gasteiger partial charge in [-0.2, -0.15) is 0 Å². The van der Waals surface area contributed by atoms with Gasteiger partial charge in [-0.15, -0.1) is 0 Å². The molecule has 0 N–H and O–H groups in total. The van der Waals surface area contributed by atoms with Gasteiger partial charge in [-0.3, -0.25) is 4.98 Å². The van der Waals surface area contributed by atoms with Gasteiger partial charge in [0.15, 0.2) is 0 Å². The maximum Gasteiger partial charge on any atom is 0.0801 e. The topological polar surface area (TPSA) is 16.1 Å². The summed E-state index contributed by atoms with van der Waals surface area (Å²) >= 11 is 0. The number of rotatable bonds is 5. The Hall–Kier alpha value is -5.21. The second kappa shape index (κ2) is 9.92. The van der Waals surface area contributed by atoms with Crippen LogP contribution in [0.25, 0.3) is 43.9 Å². The summed E-state index contributed by atoms with van der Waals surface area (Å²) in [6.45, 7) is 0. The van der Waals surface area contributed by atoms with Gasteiger partial charge in [0.05, 0.1) is 16.9 Å². The maximum atomic E-state index is 4.85. The second-order valence-electron chi connectivity index (χ2n) is 9.65. The zero-order chi connectivity index (χ0) is 26.0. The Morgan fingerprint density at radius 2 is 1.03 bits per heavy atom. The lowest BCUT2D eigenvalue weighted by Crippen LogP contribution is -2.12. The smallest absolute Gasteiger partial charge is 0.0801 e. The summed E-state index contributed by atoms with van der Waals surface area (Å²) in [5.74, 6) is 0. The van der Waals surface area contributed by atoms with Crippen molar-refractivity contribution < 1.29 is 0 Å². The number of fused-ring (bicyclic) bond motifs is 3. The third kappa shape index (κ3) is 4.22. The van der Waals surface area contributed by atoms with E-state index in [9.17, 15) is 0 Å². The van der Waals surface area contributed by atoms with E-state index >= 15 is 0 Å². The number of para-hydroxylation sites is 1. The van der Waals surface area contributed by atoms with Crippen molar-refractivity contribution in [2.75, 3.05) is 4.90 Å². The highest BCUT2D eigenvalue weighted by Crippen LogP contribution is 2.44. The van der Waals surface area contributed by atoms with E-state index in [1.165, 1.54) is 27.6 Å². The molecule has 39 heavy (non-hydrogen) atoms. The van der Waals surface area contributed by atoms with E-state index in [4.69, 9.17) is 4.98 Å². The third-order valence-electron chi connectivity index (χ3n) is 7.30. The Kier molecular flexibility index (Phi) is 5.84. The van der Waals surface area contributed by atoms with Gasteiger partial charge in [-0.25, -0.2) is 0 Å². The Morgan fingerprint density at radius 3 is 1.82 bits per heavy atom. The lowest BCUT2D eigenvalue weighted by molar-refractivity contribution is 1.30. The van der Waals surface area contributed by atoms with Gasteiger partial charge in [0.25, 0.3) is 0 Å². The monoisotopic (exact) mass is 498 g/mol. The van der Waals surface area contributed by atoms with E-state index in [1.54, 1.807) is 0 Å². The van der Waals surface area contributed by atoms with Crippen LogP contribution in [0, 0.1) is 0 Å². The van der Waals surface area contributed by atoms with Gasteiger partial charge in [-0.05, 0) is 52.4 Å². The molecule has 0 saturated heterocycles. The fourth-order valence-corrected chi connectivity index (χ4v) is 5.45. The summed E-state index contributed by atoms with van der Waals surface area (Å²) < 4.78 is 0. The molecule has 0 aliphatic rings. The maximum absolute atomic E-state index is 4.85. The Bertz CT molecular complexity index is 1890. The Morgan fingerprint density at radius 1 is 0.410 bits per heavy atom. The van der Waals surface area contributed by atoms with Gasteiger partial charge in [-0.1, -0.05) is 121 Å². The van der Waals surface area contributed by atoms with Crippen molar-refractivity contribution in [3.8, 4) is 22.3 Å². The number of hydrogen-bond acceptors (Lipinski definition) is 2. The normalized spacial score (nSPS) is 11.1. The van der Waals surface area contributed by atoms with Crippen molar-refractivity contribution in [2.24, 2.45) is 0 Å². The molecule has 6 aromatic carbocycles. The predicted octanol–water partition coefficient (Wildman–Crippen LogP) is 10.2. The quantitative estimate of drug-likeness (QED) is 0.219. The van der Waals surface area contributed by atoms with Crippen LogP contribution in [0.2, 0.25) is 0 Å². The summed E-state index contributed by atoms with van der Waals surface area (Å²) in [5.41, 5.74) is 9.09. The van der Waals surface area contributed by atoms with Crippen LogP contribution < -0.4 is 4.90 Å². The minimum atomic E-state index is 1.01. The van der Waals surface area contributed by atoms with E-state index in [2.05, 4.69) is 150 Å². The number of pyridine rings is 1. The van der Waals surface area contributed by atoms with E-state index in [0.29, 0.717) is 0 Å². The van der Waals surface area contributed by atoms with Crippen molar-refractivity contribution in [1.82, 2.24) is 4.98 Å². The van der Waals surface area contributed by atoms with Gasteiger partial charge >= 0.3 is 0 Å². The number of benzene rings is 6. The first-order valence-corrected chi connectivity index (χ1v) is 13.2. The van der Waals surface area contributed by atoms with Crippen LogP contribution in [0.5, 0.6) is 0 Å². The molecule has 7 aromatic rings. The molecule has 7 rings (SSSR count). The fraction of sp³-hybridized carbons (Fsp3) is 0. The molecule has 1 aromatic heterocycles. The molecule has 0 bridgehead atoms. The van der Waals surface area contributed by atoms with Crippen LogP contribution in [0.4, 0.5) is 17.1 Å². The van der Waals surface area contributed by atoms with Crippen LogP contribution in [-0.4, -0.2) is 4.98 Å². The number of nitrogens with zero attached hydrogens (tertiary/aromatic N) is 2. The van der Waals surface area contributed by atoms with E-state index in [-0.39, 0.29) is 0 Å². The number of hydrogen-bond donors (Lipinski definition) is 0. The van der Waals surface area contributed by atoms with Crippen molar-refractivity contribution in [3.63, 3.8) is 0 Å². The average molecular weight is 499 g/mol. The highest BCUT2D eigenvalue weighted by Gasteiger charge is 2.20. The van der Waals surface area contributed by atoms with Crippen LogP contribution in [-0.2, 0) is 0 Å². The Balaban J connectivity index is 1.50. The van der Waals surface area contributed by atoms with Gasteiger partial charge in [0.1, 0.15) is 0 Å². The van der Waals surface area contributed by atoms with Crippen LogP contribution >= 0.6 is 0 Å². The molecule has 0 aliphatic heterocycles. The van der Waals surface area contributed by atoms with Crippen molar-refractivity contribution in [2.45, 2.75) is 0 Å². The van der Waals surface area contributed by atoms with Crippen molar-refractivity contribution in [3.05, 3.63) is 158 Å².